The van der Waals surface area contributed by atoms with Crippen LogP contribution < -0.4 is 4.74 Å². The van der Waals surface area contributed by atoms with Gasteiger partial charge in [0.1, 0.15) is 24.8 Å². The van der Waals surface area contributed by atoms with Gasteiger partial charge < -0.3 is 9.84 Å². The van der Waals surface area contributed by atoms with Crippen molar-refractivity contribution in [3.05, 3.63) is 65.0 Å². The van der Waals surface area contributed by atoms with Crippen molar-refractivity contribution in [1.29, 1.82) is 0 Å². The van der Waals surface area contributed by atoms with Crippen LogP contribution in [0.15, 0.2) is 42.5 Å². The van der Waals surface area contributed by atoms with Crippen LogP contribution in [0.3, 0.4) is 0 Å². The molecule has 0 unspecified atom stereocenters. The lowest BCUT2D eigenvalue weighted by molar-refractivity contribution is 0.304. The molecule has 0 aliphatic rings. The molecule has 20 heavy (non-hydrogen) atoms. The second-order valence-electron chi connectivity index (χ2n) is 4.32. The first kappa shape index (κ1) is 14.1. The minimum atomic E-state index is -0.250. The minimum absolute atomic E-state index is 0.189. The predicted molar refractivity (Wildman–Crippen MR) is 75.9 cm³/mol. The van der Waals surface area contributed by atoms with E-state index >= 15 is 0 Å². The molecule has 0 aromatic heterocycles. The molecule has 0 aliphatic heterocycles. The van der Waals surface area contributed by atoms with Crippen LogP contribution in [-0.2, 0) is 6.61 Å². The third-order valence-electron chi connectivity index (χ3n) is 2.88. The van der Waals surface area contributed by atoms with Gasteiger partial charge in [0, 0.05) is 0 Å². The number of aryl methyl sites for hydroxylation is 1. The molecule has 0 spiro atoms. The Balaban J connectivity index is 2.14. The van der Waals surface area contributed by atoms with Crippen molar-refractivity contribution in [1.82, 2.24) is 0 Å². The number of ether oxygens (including phenoxy) is 1. The van der Waals surface area contributed by atoms with E-state index in [9.17, 15) is 4.39 Å². The zero-order chi connectivity index (χ0) is 14.4. The Morgan fingerprint density at radius 1 is 1.20 bits per heavy atom. The molecule has 3 heteroatoms. The van der Waals surface area contributed by atoms with Crippen LogP contribution in [0.1, 0.15) is 16.7 Å². The molecule has 2 aromatic rings. The van der Waals surface area contributed by atoms with Gasteiger partial charge in [-0.15, -0.1) is 0 Å². The Labute approximate surface area is 117 Å². The number of rotatable bonds is 3. The van der Waals surface area contributed by atoms with Crippen molar-refractivity contribution < 1.29 is 14.2 Å². The molecule has 102 valence electrons. The highest BCUT2D eigenvalue weighted by atomic mass is 19.1. The van der Waals surface area contributed by atoms with Crippen molar-refractivity contribution >= 4 is 0 Å². The highest BCUT2D eigenvalue weighted by Gasteiger charge is 2.04. The average Bonchev–Trinajstić information content (AvgIpc) is 2.45. The largest absolute Gasteiger partial charge is 0.488 e. The fraction of sp³-hybridized carbons (Fsp3) is 0.176. The molecular formula is C17H15FO2. The van der Waals surface area contributed by atoms with Gasteiger partial charge >= 0.3 is 0 Å². The van der Waals surface area contributed by atoms with Gasteiger partial charge in [0.25, 0.3) is 0 Å². The van der Waals surface area contributed by atoms with E-state index in [0.29, 0.717) is 12.4 Å². The molecule has 0 aliphatic carbocycles. The van der Waals surface area contributed by atoms with E-state index in [-0.39, 0.29) is 12.4 Å². The third kappa shape index (κ3) is 3.59. The summed E-state index contributed by atoms with van der Waals surface area (Å²) < 4.78 is 18.8. The first-order chi connectivity index (χ1) is 9.70. The molecule has 0 radical (unpaired) electrons. The van der Waals surface area contributed by atoms with E-state index < -0.39 is 0 Å². The summed E-state index contributed by atoms with van der Waals surface area (Å²) in [6.45, 7) is 2.01. The topological polar surface area (TPSA) is 29.5 Å². The highest BCUT2D eigenvalue weighted by molar-refractivity contribution is 5.46. The zero-order valence-electron chi connectivity index (χ0n) is 11.2. The quantitative estimate of drug-likeness (QED) is 0.869. The number of aliphatic hydroxyl groups is 1. The summed E-state index contributed by atoms with van der Waals surface area (Å²) in [5, 5.41) is 8.74. The molecule has 0 saturated carbocycles. The molecule has 2 rings (SSSR count). The van der Waals surface area contributed by atoms with Crippen LogP contribution in [0.2, 0.25) is 0 Å². The lowest BCUT2D eigenvalue weighted by atomic mass is 10.1. The second kappa shape index (κ2) is 6.74. The van der Waals surface area contributed by atoms with Gasteiger partial charge in [-0.25, -0.2) is 4.39 Å². The van der Waals surface area contributed by atoms with Crippen LogP contribution in [-0.4, -0.2) is 11.7 Å². The van der Waals surface area contributed by atoms with Crippen LogP contribution in [0.5, 0.6) is 5.75 Å². The highest BCUT2D eigenvalue weighted by Crippen LogP contribution is 2.19. The first-order valence-corrected chi connectivity index (χ1v) is 6.27. The molecule has 0 heterocycles. The van der Waals surface area contributed by atoms with Gasteiger partial charge in [-0.2, -0.15) is 0 Å². The van der Waals surface area contributed by atoms with Gasteiger partial charge in [0.2, 0.25) is 0 Å². The van der Waals surface area contributed by atoms with E-state index in [0.717, 1.165) is 16.7 Å². The molecule has 0 bridgehead atoms. The second-order valence-corrected chi connectivity index (χ2v) is 4.32. The molecular weight excluding hydrogens is 255 g/mol. The summed E-state index contributed by atoms with van der Waals surface area (Å²) in [5.74, 6) is 5.84. The lowest BCUT2D eigenvalue weighted by Crippen LogP contribution is -1.99. The number of halogens is 1. The maximum atomic E-state index is 13.0. The van der Waals surface area contributed by atoms with E-state index in [2.05, 4.69) is 11.8 Å². The van der Waals surface area contributed by atoms with Crippen LogP contribution in [0, 0.1) is 24.6 Å². The standard InChI is InChI=1S/C17H15FO2/c1-13-11-16(18)9-8-15(13)12-20-17-7-3-2-5-14(17)6-4-10-19/h2-3,5,7-9,11,19H,10,12H2,1H3. The Bertz CT molecular complexity index is 654. The van der Waals surface area contributed by atoms with E-state index in [1.807, 2.05) is 31.2 Å². The number of para-hydroxylation sites is 1. The SMILES string of the molecule is Cc1cc(F)ccc1COc1ccccc1C#CCO. The van der Waals surface area contributed by atoms with Crippen LogP contribution in [0.4, 0.5) is 4.39 Å². The molecule has 0 fully saturated rings. The van der Waals surface area contributed by atoms with Crippen molar-refractivity contribution in [2.75, 3.05) is 6.61 Å². The van der Waals surface area contributed by atoms with Gasteiger partial charge in [-0.05, 0) is 42.3 Å². The number of hydrogen-bond acceptors (Lipinski definition) is 2. The molecule has 0 saturated heterocycles. The first-order valence-electron chi connectivity index (χ1n) is 6.27. The van der Waals surface area contributed by atoms with Crippen molar-refractivity contribution in [2.24, 2.45) is 0 Å². The third-order valence-corrected chi connectivity index (χ3v) is 2.88. The van der Waals surface area contributed by atoms with Crippen molar-refractivity contribution in [2.45, 2.75) is 13.5 Å². The van der Waals surface area contributed by atoms with Gasteiger partial charge in [0.05, 0.1) is 5.56 Å². The Morgan fingerprint density at radius 3 is 2.75 bits per heavy atom. The smallest absolute Gasteiger partial charge is 0.135 e. The molecule has 2 nitrogen and oxygen atoms in total. The fourth-order valence-corrected chi connectivity index (χ4v) is 1.81. The number of hydrogen-bond donors (Lipinski definition) is 1. The van der Waals surface area contributed by atoms with E-state index in [1.54, 1.807) is 6.07 Å². The summed E-state index contributed by atoms with van der Waals surface area (Å²) in [4.78, 5) is 0. The number of aliphatic hydroxyl groups excluding tert-OH is 1. The molecule has 1 N–H and O–H groups in total. The molecule has 0 amide bonds. The molecule has 0 atom stereocenters. The van der Waals surface area contributed by atoms with Crippen LogP contribution in [0.25, 0.3) is 0 Å². The summed E-state index contributed by atoms with van der Waals surface area (Å²) in [5.41, 5.74) is 2.50. The van der Waals surface area contributed by atoms with Crippen LogP contribution >= 0.6 is 0 Å². The normalized spacial score (nSPS) is 9.75. The minimum Gasteiger partial charge on any atom is -0.488 e. The van der Waals surface area contributed by atoms with E-state index in [1.165, 1.54) is 12.1 Å². The lowest BCUT2D eigenvalue weighted by Gasteiger charge is -2.10. The van der Waals surface area contributed by atoms with E-state index in [4.69, 9.17) is 9.84 Å². The zero-order valence-corrected chi connectivity index (χ0v) is 11.2. The fourth-order valence-electron chi connectivity index (χ4n) is 1.81. The maximum absolute atomic E-state index is 13.0. The predicted octanol–water partition coefficient (Wildman–Crippen LogP) is 3.06. The summed E-state index contributed by atoms with van der Waals surface area (Å²) in [7, 11) is 0. The Kier molecular flexibility index (Phi) is 4.75. The van der Waals surface area contributed by atoms with Crippen molar-refractivity contribution in [3.8, 4) is 17.6 Å². The van der Waals surface area contributed by atoms with Gasteiger partial charge in [-0.1, -0.05) is 30.0 Å². The van der Waals surface area contributed by atoms with Crippen molar-refractivity contribution in [3.63, 3.8) is 0 Å². The monoisotopic (exact) mass is 270 g/mol. The maximum Gasteiger partial charge on any atom is 0.135 e. The molecule has 2 aromatic carbocycles. The van der Waals surface area contributed by atoms with Gasteiger partial charge in [0.15, 0.2) is 0 Å². The summed E-state index contributed by atoms with van der Waals surface area (Å²) >= 11 is 0. The summed E-state index contributed by atoms with van der Waals surface area (Å²) in [6.07, 6.45) is 0. The average molecular weight is 270 g/mol. The Hall–Kier alpha value is -2.31. The Morgan fingerprint density at radius 2 is 2.00 bits per heavy atom. The number of benzene rings is 2. The van der Waals surface area contributed by atoms with Gasteiger partial charge in [-0.3, -0.25) is 0 Å². The summed E-state index contributed by atoms with van der Waals surface area (Å²) in [6, 6.07) is 12.0.